The van der Waals surface area contributed by atoms with Gasteiger partial charge >= 0.3 is 5.97 Å². The number of carboxylic acids is 1. The van der Waals surface area contributed by atoms with E-state index in [9.17, 15) is 9.59 Å². The van der Waals surface area contributed by atoms with Crippen molar-refractivity contribution in [1.82, 2.24) is 0 Å². The summed E-state index contributed by atoms with van der Waals surface area (Å²) in [7, 11) is 0. The van der Waals surface area contributed by atoms with Gasteiger partial charge in [-0.05, 0) is 31.2 Å². The van der Waals surface area contributed by atoms with Crippen LogP contribution in [0.3, 0.4) is 0 Å². The number of ether oxygens (including phenoxy) is 2. The maximum atomic E-state index is 12.6. The normalized spacial score (nSPS) is 10.3. The van der Waals surface area contributed by atoms with Crippen molar-refractivity contribution in [2.24, 2.45) is 0 Å². The molecule has 6 heteroatoms. The fourth-order valence-electron chi connectivity index (χ4n) is 1.94. The fraction of sp³-hybridized carbons (Fsp3) is 0.176. The summed E-state index contributed by atoms with van der Waals surface area (Å²) in [6, 6.07) is 10.5. The molecule has 0 heterocycles. The number of carboxylic acid groups (broad SMARTS) is 1. The van der Waals surface area contributed by atoms with E-state index in [-0.39, 0.29) is 23.9 Å². The number of carbonyl (C=O) groups excluding carboxylic acids is 1. The third kappa shape index (κ3) is 4.09. The molecule has 0 unspecified atom stereocenters. The van der Waals surface area contributed by atoms with E-state index < -0.39 is 5.97 Å². The van der Waals surface area contributed by atoms with Crippen molar-refractivity contribution in [2.45, 2.75) is 6.92 Å². The number of hydrogen-bond acceptors (Lipinski definition) is 4. The van der Waals surface area contributed by atoms with Crippen LogP contribution in [0.25, 0.3) is 0 Å². The number of benzene rings is 2. The average Bonchev–Trinajstić information content (AvgIpc) is 2.56. The summed E-state index contributed by atoms with van der Waals surface area (Å²) in [6.45, 7) is 2.29. The first-order chi connectivity index (χ1) is 11.0. The molecular formula is C17H15ClO5. The Hall–Kier alpha value is -2.37. The molecule has 2 aromatic carbocycles. The zero-order valence-electron chi connectivity index (χ0n) is 12.4. The number of halogens is 1. The summed E-state index contributed by atoms with van der Waals surface area (Å²) in [4.78, 5) is 23.5. The van der Waals surface area contributed by atoms with Gasteiger partial charge in [-0.1, -0.05) is 29.8 Å². The number of aromatic carboxylic acids is 1. The summed E-state index contributed by atoms with van der Waals surface area (Å²) < 4.78 is 10.6. The molecule has 0 aromatic heterocycles. The summed E-state index contributed by atoms with van der Waals surface area (Å²) in [6.07, 6.45) is 0. The Labute approximate surface area is 138 Å². The highest BCUT2D eigenvalue weighted by Gasteiger charge is 2.18. The van der Waals surface area contributed by atoms with Crippen LogP contribution in [0.2, 0.25) is 5.02 Å². The molecule has 2 rings (SSSR count). The molecule has 0 fully saturated rings. The van der Waals surface area contributed by atoms with Crippen LogP contribution in [-0.4, -0.2) is 30.3 Å². The standard InChI is InChI=1S/C17H15ClO5/c1-2-22-10-23-16-13(4-3-5-14(16)18)15(19)11-6-8-12(9-7-11)17(20)21/h3-9H,2,10H2,1H3,(H,20,21). The first-order valence-electron chi connectivity index (χ1n) is 6.91. The first kappa shape index (κ1) is 17.0. The van der Waals surface area contributed by atoms with E-state index >= 15 is 0 Å². The van der Waals surface area contributed by atoms with Crippen molar-refractivity contribution in [3.05, 3.63) is 64.2 Å². The van der Waals surface area contributed by atoms with Crippen LogP contribution in [0.1, 0.15) is 33.2 Å². The van der Waals surface area contributed by atoms with Crippen molar-refractivity contribution in [2.75, 3.05) is 13.4 Å². The lowest BCUT2D eigenvalue weighted by atomic mass is 10.0. The molecule has 5 nitrogen and oxygen atoms in total. The van der Waals surface area contributed by atoms with Crippen molar-refractivity contribution in [3.63, 3.8) is 0 Å². The van der Waals surface area contributed by atoms with Gasteiger partial charge in [0.05, 0.1) is 16.1 Å². The van der Waals surface area contributed by atoms with Gasteiger partial charge in [-0.25, -0.2) is 4.79 Å². The number of carbonyl (C=O) groups is 2. The topological polar surface area (TPSA) is 72.8 Å². The SMILES string of the molecule is CCOCOc1c(Cl)cccc1C(=O)c1ccc(C(=O)O)cc1. The lowest BCUT2D eigenvalue weighted by Crippen LogP contribution is -2.09. The molecule has 0 aliphatic heterocycles. The Bertz CT molecular complexity index is 709. The molecular weight excluding hydrogens is 320 g/mol. The molecule has 0 aliphatic rings. The highest BCUT2D eigenvalue weighted by molar-refractivity contribution is 6.33. The van der Waals surface area contributed by atoms with Gasteiger partial charge in [0, 0.05) is 12.2 Å². The number of hydrogen-bond donors (Lipinski definition) is 1. The molecule has 120 valence electrons. The van der Waals surface area contributed by atoms with Crippen molar-refractivity contribution < 1.29 is 24.2 Å². The molecule has 23 heavy (non-hydrogen) atoms. The highest BCUT2D eigenvalue weighted by Crippen LogP contribution is 2.30. The van der Waals surface area contributed by atoms with Gasteiger partial charge in [0.25, 0.3) is 0 Å². The van der Waals surface area contributed by atoms with Crippen molar-refractivity contribution in [1.29, 1.82) is 0 Å². The van der Waals surface area contributed by atoms with Gasteiger partial charge in [0.15, 0.2) is 18.3 Å². The van der Waals surface area contributed by atoms with E-state index in [4.69, 9.17) is 26.2 Å². The van der Waals surface area contributed by atoms with Crippen molar-refractivity contribution >= 4 is 23.4 Å². The van der Waals surface area contributed by atoms with Gasteiger partial charge < -0.3 is 14.6 Å². The lowest BCUT2D eigenvalue weighted by molar-refractivity contribution is 0.0220. The minimum absolute atomic E-state index is 0.0154. The third-order valence-electron chi connectivity index (χ3n) is 3.10. The first-order valence-corrected chi connectivity index (χ1v) is 7.29. The molecule has 0 saturated heterocycles. The van der Waals surface area contributed by atoms with Crippen LogP contribution in [0.4, 0.5) is 0 Å². The summed E-state index contributed by atoms with van der Waals surface area (Å²) in [5, 5.41) is 9.20. The Morgan fingerprint density at radius 3 is 2.35 bits per heavy atom. The van der Waals surface area contributed by atoms with Crippen LogP contribution >= 0.6 is 11.6 Å². The zero-order valence-corrected chi connectivity index (χ0v) is 13.2. The third-order valence-corrected chi connectivity index (χ3v) is 3.39. The quantitative estimate of drug-likeness (QED) is 0.475. The van der Waals surface area contributed by atoms with Gasteiger partial charge in [-0.15, -0.1) is 0 Å². The number of rotatable bonds is 7. The molecule has 1 N–H and O–H groups in total. The predicted molar refractivity (Wildman–Crippen MR) is 85.4 cm³/mol. The number of para-hydroxylation sites is 1. The van der Waals surface area contributed by atoms with Crippen LogP contribution in [-0.2, 0) is 4.74 Å². The molecule has 0 aliphatic carbocycles. The summed E-state index contributed by atoms with van der Waals surface area (Å²) in [5.41, 5.74) is 0.749. The maximum Gasteiger partial charge on any atom is 0.335 e. The Balaban J connectivity index is 2.31. The molecule has 0 spiro atoms. The molecule has 0 bridgehead atoms. The maximum absolute atomic E-state index is 12.6. The Kier molecular flexibility index (Phi) is 5.73. The lowest BCUT2D eigenvalue weighted by Gasteiger charge is -2.12. The molecule has 0 saturated carbocycles. The summed E-state index contributed by atoms with van der Waals surface area (Å²) >= 11 is 6.10. The van der Waals surface area contributed by atoms with Gasteiger partial charge in [-0.3, -0.25) is 4.79 Å². The molecule has 0 radical (unpaired) electrons. The Morgan fingerprint density at radius 2 is 1.74 bits per heavy atom. The van der Waals surface area contributed by atoms with Gasteiger partial charge in [0.1, 0.15) is 0 Å². The smallest absolute Gasteiger partial charge is 0.335 e. The second-order valence-electron chi connectivity index (χ2n) is 4.58. The van der Waals surface area contributed by atoms with Gasteiger partial charge in [0.2, 0.25) is 0 Å². The second-order valence-corrected chi connectivity index (χ2v) is 4.99. The van der Waals surface area contributed by atoms with E-state index in [1.54, 1.807) is 18.2 Å². The van der Waals surface area contributed by atoms with Gasteiger partial charge in [-0.2, -0.15) is 0 Å². The fourth-order valence-corrected chi connectivity index (χ4v) is 2.17. The van der Waals surface area contributed by atoms with Crippen LogP contribution in [0.5, 0.6) is 5.75 Å². The minimum Gasteiger partial charge on any atom is -0.478 e. The highest BCUT2D eigenvalue weighted by atomic mass is 35.5. The van der Waals surface area contributed by atoms with E-state index in [0.29, 0.717) is 22.8 Å². The average molecular weight is 335 g/mol. The molecule has 0 atom stereocenters. The van der Waals surface area contributed by atoms with E-state index in [0.717, 1.165) is 0 Å². The van der Waals surface area contributed by atoms with Crippen LogP contribution in [0.15, 0.2) is 42.5 Å². The predicted octanol–water partition coefficient (Wildman–Crippen LogP) is 3.64. The minimum atomic E-state index is -1.05. The van der Waals surface area contributed by atoms with Crippen molar-refractivity contribution in [3.8, 4) is 5.75 Å². The molecule has 0 amide bonds. The Morgan fingerprint density at radius 1 is 1.09 bits per heavy atom. The largest absolute Gasteiger partial charge is 0.478 e. The molecule has 2 aromatic rings. The monoisotopic (exact) mass is 334 g/mol. The van der Waals surface area contributed by atoms with E-state index in [1.165, 1.54) is 24.3 Å². The summed E-state index contributed by atoms with van der Waals surface area (Å²) in [5.74, 6) is -1.11. The van der Waals surface area contributed by atoms with Crippen LogP contribution in [0, 0.1) is 0 Å². The second kappa shape index (κ2) is 7.76. The zero-order chi connectivity index (χ0) is 16.8. The van der Waals surface area contributed by atoms with Crippen LogP contribution < -0.4 is 4.74 Å². The van der Waals surface area contributed by atoms with E-state index in [2.05, 4.69) is 0 Å². The number of ketones is 1. The van der Waals surface area contributed by atoms with E-state index in [1.807, 2.05) is 6.92 Å².